The van der Waals surface area contributed by atoms with Gasteiger partial charge in [0.1, 0.15) is 0 Å². The minimum atomic E-state index is -0.219. The summed E-state index contributed by atoms with van der Waals surface area (Å²) in [7, 11) is 2.14. The SMILES string of the molecule is CC(=O)n1cc(C(=O)Nc2ccc(N3CCN(C)CC3)cc2)c2ccccc21. The van der Waals surface area contributed by atoms with Crippen LogP contribution >= 0.6 is 0 Å². The van der Waals surface area contributed by atoms with Gasteiger partial charge >= 0.3 is 0 Å². The Morgan fingerprint density at radius 1 is 0.929 bits per heavy atom. The molecular weight excluding hydrogens is 352 g/mol. The fourth-order valence-electron chi connectivity index (χ4n) is 3.64. The van der Waals surface area contributed by atoms with Crippen molar-refractivity contribution in [3.63, 3.8) is 0 Å². The highest BCUT2D eigenvalue weighted by molar-refractivity contribution is 6.14. The lowest BCUT2D eigenvalue weighted by Gasteiger charge is -2.34. The summed E-state index contributed by atoms with van der Waals surface area (Å²) < 4.78 is 1.51. The fraction of sp³-hybridized carbons (Fsp3) is 0.273. The quantitative estimate of drug-likeness (QED) is 0.762. The number of aromatic nitrogens is 1. The van der Waals surface area contributed by atoms with E-state index in [0.29, 0.717) is 5.56 Å². The molecule has 1 aliphatic heterocycles. The van der Waals surface area contributed by atoms with Crippen LogP contribution in [0.25, 0.3) is 10.9 Å². The summed E-state index contributed by atoms with van der Waals surface area (Å²) in [6.45, 7) is 5.61. The lowest BCUT2D eigenvalue weighted by Crippen LogP contribution is -2.44. The van der Waals surface area contributed by atoms with Crippen molar-refractivity contribution in [2.75, 3.05) is 43.4 Å². The minimum absolute atomic E-state index is 0.119. The van der Waals surface area contributed by atoms with E-state index < -0.39 is 0 Å². The summed E-state index contributed by atoms with van der Waals surface area (Å²) in [5.41, 5.74) is 3.14. The molecule has 0 radical (unpaired) electrons. The van der Waals surface area contributed by atoms with Crippen molar-refractivity contribution in [2.24, 2.45) is 0 Å². The number of anilines is 2. The van der Waals surface area contributed by atoms with Crippen LogP contribution in [0, 0.1) is 0 Å². The van der Waals surface area contributed by atoms with Crippen LogP contribution in [0.3, 0.4) is 0 Å². The number of carbonyl (C=O) groups is 2. The largest absolute Gasteiger partial charge is 0.369 e. The van der Waals surface area contributed by atoms with Crippen LogP contribution in [0.1, 0.15) is 22.1 Å². The number of para-hydroxylation sites is 1. The zero-order valence-electron chi connectivity index (χ0n) is 16.2. The molecule has 1 aliphatic rings. The van der Waals surface area contributed by atoms with Crippen molar-refractivity contribution in [3.8, 4) is 0 Å². The van der Waals surface area contributed by atoms with E-state index >= 15 is 0 Å². The molecule has 0 bridgehead atoms. The molecule has 3 aromatic rings. The van der Waals surface area contributed by atoms with E-state index in [-0.39, 0.29) is 11.8 Å². The standard InChI is InChI=1S/C22H24N4O2/c1-16(27)26-15-20(19-5-3-4-6-21(19)26)22(28)23-17-7-9-18(10-8-17)25-13-11-24(2)12-14-25/h3-10,15H,11-14H2,1-2H3,(H,23,28). The molecule has 0 unspecified atom stereocenters. The van der Waals surface area contributed by atoms with Crippen LogP contribution in [0.5, 0.6) is 0 Å². The Balaban J connectivity index is 1.53. The summed E-state index contributed by atoms with van der Waals surface area (Å²) in [4.78, 5) is 29.4. The molecule has 6 heteroatoms. The van der Waals surface area contributed by atoms with E-state index in [1.807, 2.05) is 48.5 Å². The van der Waals surface area contributed by atoms with Gasteiger partial charge in [0.2, 0.25) is 5.91 Å². The third-order valence-corrected chi connectivity index (χ3v) is 5.29. The van der Waals surface area contributed by atoms with Gasteiger partial charge in [-0.2, -0.15) is 0 Å². The number of nitrogens with zero attached hydrogens (tertiary/aromatic N) is 3. The Labute approximate surface area is 164 Å². The average molecular weight is 376 g/mol. The monoisotopic (exact) mass is 376 g/mol. The Morgan fingerprint density at radius 3 is 2.29 bits per heavy atom. The lowest BCUT2D eigenvalue weighted by atomic mass is 10.1. The second-order valence-electron chi connectivity index (χ2n) is 7.24. The first kappa shape index (κ1) is 18.3. The van der Waals surface area contributed by atoms with Crippen LogP contribution in [-0.4, -0.2) is 54.5 Å². The highest BCUT2D eigenvalue weighted by atomic mass is 16.2. The maximum Gasteiger partial charge on any atom is 0.257 e. The predicted octanol–water partition coefficient (Wildman–Crippen LogP) is 3.31. The van der Waals surface area contributed by atoms with Gasteiger partial charge in [0, 0.05) is 56.1 Å². The zero-order valence-corrected chi connectivity index (χ0v) is 16.2. The van der Waals surface area contributed by atoms with Crippen LogP contribution < -0.4 is 10.2 Å². The van der Waals surface area contributed by atoms with E-state index in [1.165, 1.54) is 17.2 Å². The number of carbonyl (C=O) groups excluding carboxylic acids is 2. The molecule has 1 aromatic heterocycles. The number of hydrogen-bond acceptors (Lipinski definition) is 4. The number of amides is 1. The Hall–Kier alpha value is -3.12. The lowest BCUT2D eigenvalue weighted by molar-refractivity contribution is 0.0941. The van der Waals surface area contributed by atoms with Gasteiger partial charge in [0.05, 0.1) is 11.1 Å². The summed E-state index contributed by atoms with van der Waals surface area (Å²) in [5, 5.41) is 3.72. The predicted molar refractivity (Wildman–Crippen MR) is 112 cm³/mol. The van der Waals surface area contributed by atoms with Gasteiger partial charge in [-0.3, -0.25) is 14.2 Å². The number of benzene rings is 2. The van der Waals surface area contributed by atoms with Crippen LogP contribution in [-0.2, 0) is 0 Å². The molecule has 0 aliphatic carbocycles. The summed E-state index contributed by atoms with van der Waals surface area (Å²) in [6, 6.07) is 15.4. The molecule has 1 fully saturated rings. The van der Waals surface area contributed by atoms with Crippen LogP contribution in [0.2, 0.25) is 0 Å². The van der Waals surface area contributed by atoms with E-state index in [0.717, 1.165) is 42.8 Å². The van der Waals surface area contributed by atoms with Crippen molar-refractivity contribution in [1.29, 1.82) is 0 Å². The van der Waals surface area contributed by atoms with Gasteiger partial charge in [-0.15, -0.1) is 0 Å². The van der Waals surface area contributed by atoms with Crippen molar-refractivity contribution in [2.45, 2.75) is 6.92 Å². The molecule has 0 saturated carbocycles. The number of likely N-dealkylation sites (N-methyl/N-ethyl adjacent to an activating group) is 1. The second-order valence-corrected chi connectivity index (χ2v) is 7.24. The Bertz CT molecular complexity index is 1010. The van der Waals surface area contributed by atoms with Crippen molar-refractivity contribution >= 4 is 34.1 Å². The molecule has 144 valence electrons. The first-order valence-electron chi connectivity index (χ1n) is 9.49. The number of rotatable bonds is 3. The highest BCUT2D eigenvalue weighted by Crippen LogP contribution is 2.24. The average Bonchev–Trinajstić information content (AvgIpc) is 3.09. The molecular formula is C22H24N4O2. The number of hydrogen-bond donors (Lipinski definition) is 1. The second kappa shape index (κ2) is 7.48. The van der Waals surface area contributed by atoms with E-state index in [4.69, 9.17) is 0 Å². The van der Waals surface area contributed by atoms with Gasteiger partial charge in [0.25, 0.3) is 5.91 Å². The minimum Gasteiger partial charge on any atom is -0.369 e. The third kappa shape index (κ3) is 3.51. The van der Waals surface area contributed by atoms with Crippen molar-refractivity contribution in [1.82, 2.24) is 9.47 Å². The molecule has 0 spiro atoms. The van der Waals surface area contributed by atoms with Crippen LogP contribution in [0.4, 0.5) is 11.4 Å². The van der Waals surface area contributed by atoms with Crippen molar-refractivity contribution in [3.05, 3.63) is 60.3 Å². The molecule has 0 atom stereocenters. The molecule has 1 amide bonds. The smallest absolute Gasteiger partial charge is 0.257 e. The maximum atomic E-state index is 12.8. The molecule has 2 heterocycles. The molecule has 6 nitrogen and oxygen atoms in total. The summed E-state index contributed by atoms with van der Waals surface area (Å²) >= 11 is 0. The fourth-order valence-corrected chi connectivity index (χ4v) is 3.64. The molecule has 1 saturated heterocycles. The number of piperazine rings is 1. The van der Waals surface area contributed by atoms with Gasteiger partial charge in [0.15, 0.2) is 0 Å². The summed E-state index contributed by atoms with van der Waals surface area (Å²) in [6.07, 6.45) is 1.61. The van der Waals surface area contributed by atoms with E-state index in [9.17, 15) is 9.59 Å². The van der Waals surface area contributed by atoms with Gasteiger partial charge < -0.3 is 15.1 Å². The first-order valence-corrected chi connectivity index (χ1v) is 9.49. The van der Waals surface area contributed by atoms with E-state index in [2.05, 4.69) is 22.2 Å². The van der Waals surface area contributed by atoms with Gasteiger partial charge in [-0.05, 0) is 37.4 Å². The topological polar surface area (TPSA) is 57.6 Å². The normalized spacial score (nSPS) is 15.0. The van der Waals surface area contributed by atoms with Gasteiger partial charge in [-0.25, -0.2) is 0 Å². The number of fused-ring (bicyclic) bond motifs is 1. The highest BCUT2D eigenvalue weighted by Gasteiger charge is 2.17. The van der Waals surface area contributed by atoms with Crippen molar-refractivity contribution < 1.29 is 9.59 Å². The van der Waals surface area contributed by atoms with Crippen LogP contribution in [0.15, 0.2) is 54.7 Å². The summed E-state index contributed by atoms with van der Waals surface area (Å²) in [5.74, 6) is -0.338. The maximum absolute atomic E-state index is 12.8. The molecule has 1 N–H and O–H groups in total. The Kier molecular flexibility index (Phi) is 4.88. The van der Waals surface area contributed by atoms with Gasteiger partial charge in [-0.1, -0.05) is 18.2 Å². The molecule has 28 heavy (non-hydrogen) atoms. The molecule has 4 rings (SSSR count). The zero-order chi connectivity index (χ0) is 19.7. The first-order chi connectivity index (χ1) is 13.5. The molecule has 2 aromatic carbocycles. The number of nitrogens with one attached hydrogen (secondary N) is 1. The Morgan fingerprint density at radius 2 is 1.61 bits per heavy atom. The third-order valence-electron chi connectivity index (χ3n) is 5.29. The van der Waals surface area contributed by atoms with E-state index in [1.54, 1.807) is 6.20 Å².